The summed E-state index contributed by atoms with van der Waals surface area (Å²) in [6.07, 6.45) is 2.40. The molecule has 0 amide bonds. The Bertz CT molecular complexity index is 307. The molecule has 4 saturated heterocycles. The maximum Gasteiger partial charge on any atom is 0.327 e. The molecule has 5 heteroatoms. The minimum atomic E-state index is -0.396. The minimum absolute atomic E-state index is 0.279. The number of ether oxygens (including phenoxy) is 1. The van der Waals surface area contributed by atoms with E-state index in [0.29, 0.717) is 12.0 Å². The highest BCUT2D eigenvalue weighted by Crippen LogP contribution is 2.31. The van der Waals surface area contributed by atoms with E-state index >= 15 is 0 Å². The molecular formula is C11H16N2O3. The Morgan fingerprint density at radius 1 is 1.06 bits per heavy atom. The molecule has 4 heterocycles. The summed E-state index contributed by atoms with van der Waals surface area (Å²) < 4.78 is 4.55. The molecule has 0 aromatic heterocycles. The molecule has 0 spiro atoms. The Morgan fingerprint density at radius 3 is 2.19 bits per heavy atom. The van der Waals surface area contributed by atoms with E-state index in [2.05, 4.69) is 9.64 Å². The van der Waals surface area contributed by atoms with Crippen LogP contribution in [0.25, 0.3) is 0 Å². The summed E-state index contributed by atoms with van der Waals surface area (Å²) in [5, 5.41) is 0. The molecule has 0 N–H and O–H groups in total. The Hall–Kier alpha value is -0.940. The second-order valence-electron chi connectivity index (χ2n) is 4.96. The number of carbonyl (C=O) groups excluding carboxylic acids is 2. The van der Waals surface area contributed by atoms with E-state index in [1.807, 2.05) is 4.90 Å². The normalized spacial score (nSPS) is 39.9. The van der Waals surface area contributed by atoms with Crippen molar-refractivity contribution in [1.29, 1.82) is 0 Å². The number of hydrogen-bond acceptors (Lipinski definition) is 5. The van der Waals surface area contributed by atoms with E-state index in [1.165, 1.54) is 25.9 Å². The first-order chi connectivity index (χ1) is 7.72. The predicted molar refractivity (Wildman–Crippen MR) is 55.6 cm³/mol. The molecule has 4 fully saturated rings. The SMILES string of the molecule is O=C1CN(C2CN3CCC2CC3)CC(=O)O1. The second-order valence-corrected chi connectivity index (χ2v) is 4.96. The lowest BCUT2D eigenvalue weighted by atomic mass is 9.83. The van der Waals surface area contributed by atoms with Gasteiger partial charge in [0.25, 0.3) is 0 Å². The number of fused-ring (bicyclic) bond motifs is 3. The quantitative estimate of drug-likeness (QED) is 0.442. The predicted octanol–water partition coefficient (Wildman–Crippen LogP) is -0.534. The van der Waals surface area contributed by atoms with Gasteiger partial charge in [0.15, 0.2) is 0 Å². The first kappa shape index (κ1) is 10.2. The van der Waals surface area contributed by atoms with Gasteiger partial charge in [-0.15, -0.1) is 0 Å². The van der Waals surface area contributed by atoms with Gasteiger partial charge in [-0.3, -0.25) is 14.5 Å². The average molecular weight is 224 g/mol. The Balaban J connectivity index is 1.72. The van der Waals surface area contributed by atoms with Crippen LogP contribution in [0.15, 0.2) is 0 Å². The van der Waals surface area contributed by atoms with E-state index in [1.54, 1.807) is 0 Å². The van der Waals surface area contributed by atoms with Crippen LogP contribution < -0.4 is 0 Å². The number of esters is 2. The highest BCUT2D eigenvalue weighted by molar-refractivity contribution is 5.90. The summed E-state index contributed by atoms with van der Waals surface area (Å²) >= 11 is 0. The van der Waals surface area contributed by atoms with Crippen molar-refractivity contribution < 1.29 is 14.3 Å². The molecule has 4 rings (SSSR count). The third-order valence-corrected chi connectivity index (χ3v) is 3.98. The van der Waals surface area contributed by atoms with Gasteiger partial charge in [0, 0.05) is 12.6 Å². The second kappa shape index (κ2) is 3.82. The summed E-state index contributed by atoms with van der Waals surface area (Å²) in [6, 6.07) is 0.374. The molecule has 0 aromatic rings. The Kier molecular flexibility index (Phi) is 2.44. The Morgan fingerprint density at radius 2 is 1.69 bits per heavy atom. The van der Waals surface area contributed by atoms with Crippen LogP contribution in [0.2, 0.25) is 0 Å². The summed E-state index contributed by atoms with van der Waals surface area (Å²) in [5.41, 5.74) is 0. The topological polar surface area (TPSA) is 49.9 Å². The van der Waals surface area contributed by atoms with Crippen molar-refractivity contribution in [2.45, 2.75) is 18.9 Å². The average Bonchev–Trinajstić information content (AvgIpc) is 2.29. The Labute approximate surface area is 94.3 Å². The summed E-state index contributed by atoms with van der Waals surface area (Å²) in [5.74, 6) is -0.135. The highest BCUT2D eigenvalue weighted by Gasteiger charge is 2.40. The standard InChI is InChI=1S/C11H16N2O3/c14-10-6-13(7-11(15)16-10)9-5-12-3-1-8(9)2-4-12/h8-9H,1-7H2. The van der Waals surface area contributed by atoms with Gasteiger partial charge in [0.2, 0.25) is 0 Å². The third kappa shape index (κ3) is 1.74. The number of cyclic esters (lactones) is 2. The fourth-order valence-corrected chi connectivity index (χ4v) is 3.16. The lowest BCUT2D eigenvalue weighted by molar-refractivity contribution is -0.170. The van der Waals surface area contributed by atoms with E-state index in [9.17, 15) is 9.59 Å². The van der Waals surface area contributed by atoms with Crippen LogP contribution in [-0.4, -0.2) is 60.5 Å². The number of nitrogens with zero attached hydrogens (tertiary/aromatic N) is 2. The lowest BCUT2D eigenvalue weighted by Gasteiger charge is -2.49. The molecule has 4 aliphatic heterocycles. The summed E-state index contributed by atoms with van der Waals surface area (Å²) in [7, 11) is 0. The molecule has 5 nitrogen and oxygen atoms in total. The number of hydrogen-bond donors (Lipinski definition) is 0. The number of rotatable bonds is 1. The monoisotopic (exact) mass is 224 g/mol. The first-order valence-electron chi connectivity index (χ1n) is 5.92. The molecule has 0 aliphatic carbocycles. The number of piperidine rings is 3. The number of morpholine rings is 1. The molecule has 0 aromatic carbocycles. The van der Waals surface area contributed by atoms with Gasteiger partial charge in [-0.05, 0) is 31.8 Å². The van der Waals surface area contributed by atoms with Crippen molar-refractivity contribution in [3.05, 3.63) is 0 Å². The van der Waals surface area contributed by atoms with E-state index < -0.39 is 11.9 Å². The van der Waals surface area contributed by atoms with Gasteiger partial charge >= 0.3 is 11.9 Å². The molecule has 4 aliphatic rings. The van der Waals surface area contributed by atoms with Crippen LogP contribution in [0.3, 0.4) is 0 Å². The smallest absolute Gasteiger partial charge is 0.327 e. The van der Waals surface area contributed by atoms with E-state index in [-0.39, 0.29) is 13.1 Å². The maximum absolute atomic E-state index is 11.2. The van der Waals surface area contributed by atoms with Crippen molar-refractivity contribution in [3.8, 4) is 0 Å². The third-order valence-electron chi connectivity index (χ3n) is 3.98. The zero-order valence-corrected chi connectivity index (χ0v) is 9.22. The van der Waals surface area contributed by atoms with Crippen LogP contribution in [0.5, 0.6) is 0 Å². The molecule has 1 atom stereocenters. The fraction of sp³-hybridized carbons (Fsp3) is 0.818. The zero-order chi connectivity index (χ0) is 11.1. The van der Waals surface area contributed by atoms with Gasteiger partial charge < -0.3 is 9.64 Å². The van der Waals surface area contributed by atoms with Crippen molar-refractivity contribution in [2.75, 3.05) is 32.7 Å². The van der Waals surface area contributed by atoms with Gasteiger partial charge in [0.05, 0.1) is 13.1 Å². The molecule has 0 radical (unpaired) electrons. The molecule has 0 saturated carbocycles. The first-order valence-corrected chi connectivity index (χ1v) is 5.92. The fourth-order valence-electron chi connectivity index (χ4n) is 3.16. The van der Waals surface area contributed by atoms with E-state index in [0.717, 1.165) is 6.54 Å². The minimum Gasteiger partial charge on any atom is -0.391 e. The largest absolute Gasteiger partial charge is 0.391 e. The zero-order valence-electron chi connectivity index (χ0n) is 9.22. The van der Waals surface area contributed by atoms with Crippen molar-refractivity contribution in [1.82, 2.24) is 9.80 Å². The molecule has 16 heavy (non-hydrogen) atoms. The highest BCUT2D eigenvalue weighted by atomic mass is 16.6. The van der Waals surface area contributed by atoms with Crippen molar-refractivity contribution in [2.24, 2.45) is 5.92 Å². The lowest BCUT2D eigenvalue weighted by Crippen LogP contribution is -2.60. The van der Waals surface area contributed by atoms with Gasteiger partial charge in [-0.2, -0.15) is 0 Å². The van der Waals surface area contributed by atoms with E-state index in [4.69, 9.17) is 0 Å². The molecule has 88 valence electrons. The van der Waals surface area contributed by atoms with Gasteiger partial charge in [0.1, 0.15) is 0 Å². The molecular weight excluding hydrogens is 208 g/mol. The van der Waals surface area contributed by atoms with Crippen LogP contribution >= 0.6 is 0 Å². The maximum atomic E-state index is 11.2. The van der Waals surface area contributed by atoms with Gasteiger partial charge in [-0.1, -0.05) is 0 Å². The molecule has 1 unspecified atom stereocenters. The number of carbonyl (C=O) groups is 2. The van der Waals surface area contributed by atoms with Crippen LogP contribution in [0.1, 0.15) is 12.8 Å². The van der Waals surface area contributed by atoms with Crippen LogP contribution in [0.4, 0.5) is 0 Å². The van der Waals surface area contributed by atoms with Crippen molar-refractivity contribution >= 4 is 11.9 Å². The van der Waals surface area contributed by atoms with Crippen molar-refractivity contribution in [3.63, 3.8) is 0 Å². The van der Waals surface area contributed by atoms with Crippen LogP contribution in [-0.2, 0) is 14.3 Å². The summed E-state index contributed by atoms with van der Waals surface area (Å²) in [6.45, 7) is 3.91. The molecule has 2 bridgehead atoms. The summed E-state index contributed by atoms with van der Waals surface area (Å²) in [4.78, 5) is 26.9. The van der Waals surface area contributed by atoms with Crippen LogP contribution in [0, 0.1) is 5.92 Å². The van der Waals surface area contributed by atoms with Gasteiger partial charge in [-0.25, -0.2) is 0 Å².